The van der Waals surface area contributed by atoms with Crippen LogP contribution in [-0.4, -0.2) is 18.6 Å². The SMILES string of the molecule is CNCC(C)(C)c1csc(C2CCCCC2)n1. The minimum absolute atomic E-state index is 0.151. The van der Waals surface area contributed by atoms with Crippen molar-refractivity contribution in [2.75, 3.05) is 13.6 Å². The molecule has 1 saturated carbocycles. The third-order valence-corrected chi connectivity index (χ3v) is 4.80. The standard InChI is InChI=1S/C14H24N2S/c1-14(2,10-15-3)12-9-17-13(16-12)11-7-5-4-6-8-11/h9,11,15H,4-8,10H2,1-3H3. The normalized spacial score (nSPS) is 18.5. The van der Waals surface area contributed by atoms with Gasteiger partial charge in [0.15, 0.2) is 0 Å². The number of thiazole rings is 1. The van der Waals surface area contributed by atoms with Gasteiger partial charge in [-0.3, -0.25) is 0 Å². The van der Waals surface area contributed by atoms with Crippen LogP contribution in [-0.2, 0) is 5.41 Å². The number of nitrogens with zero attached hydrogens (tertiary/aromatic N) is 1. The fourth-order valence-electron chi connectivity index (χ4n) is 2.67. The third kappa shape index (κ3) is 3.08. The molecule has 1 fully saturated rings. The molecular weight excluding hydrogens is 228 g/mol. The van der Waals surface area contributed by atoms with Crippen LogP contribution in [0.5, 0.6) is 0 Å². The molecule has 0 atom stereocenters. The van der Waals surface area contributed by atoms with E-state index in [0.29, 0.717) is 0 Å². The van der Waals surface area contributed by atoms with Crippen molar-refractivity contribution in [2.24, 2.45) is 0 Å². The van der Waals surface area contributed by atoms with Crippen LogP contribution in [0.4, 0.5) is 0 Å². The molecule has 17 heavy (non-hydrogen) atoms. The summed E-state index contributed by atoms with van der Waals surface area (Å²) in [5.74, 6) is 0.743. The second kappa shape index (κ2) is 5.49. The van der Waals surface area contributed by atoms with E-state index >= 15 is 0 Å². The summed E-state index contributed by atoms with van der Waals surface area (Å²) >= 11 is 1.87. The molecule has 3 heteroatoms. The Bertz CT molecular complexity index is 351. The van der Waals surface area contributed by atoms with Gasteiger partial charge in [-0.1, -0.05) is 33.1 Å². The molecule has 1 N–H and O–H groups in total. The molecule has 0 aromatic carbocycles. The summed E-state index contributed by atoms with van der Waals surface area (Å²) in [5, 5.41) is 6.90. The summed E-state index contributed by atoms with van der Waals surface area (Å²) < 4.78 is 0. The molecule has 0 radical (unpaired) electrons. The van der Waals surface area contributed by atoms with Crippen LogP contribution in [0.1, 0.15) is 62.6 Å². The number of rotatable bonds is 4. The summed E-state index contributed by atoms with van der Waals surface area (Å²) in [6.45, 7) is 5.52. The maximum Gasteiger partial charge on any atom is 0.0959 e. The zero-order chi connectivity index (χ0) is 12.3. The first-order chi connectivity index (χ1) is 8.13. The van der Waals surface area contributed by atoms with Gasteiger partial charge in [-0.25, -0.2) is 4.98 Å². The first kappa shape index (κ1) is 13.0. The summed E-state index contributed by atoms with van der Waals surface area (Å²) in [5.41, 5.74) is 1.41. The highest BCUT2D eigenvalue weighted by Crippen LogP contribution is 2.36. The van der Waals surface area contributed by atoms with Crippen molar-refractivity contribution >= 4 is 11.3 Å². The van der Waals surface area contributed by atoms with Crippen LogP contribution in [0.3, 0.4) is 0 Å². The summed E-state index contributed by atoms with van der Waals surface area (Å²) in [7, 11) is 2.01. The first-order valence-corrected chi connectivity index (χ1v) is 7.62. The zero-order valence-corrected chi connectivity index (χ0v) is 12.1. The van der Waals surface area contributed by atoms with Gasteiger partial charge in [0.1, 0.15) is 0 Å². The molecule has 0 amide bonds. The average molecular weight is 252 g/mol. The van der Waals surface area contributed by atoms with Gasteiger partial charge in [0.05, 0.1) is 10.7 Å². The molecule has 0 saturated heterocycles. The number of likely N-dealkylation sites (N-methyl/N-ethyl adjacent to an activating group) is 1. The maximum absolute atomic E-state index is 4.90. The van der Waals surface area contributed by atoms with Crippen molar-refractivity contribution in [3.63, 3.8) is 0 Å². The highest BCUT2D eigenvalue weighted by atomic mass is 32.1. The highest BCUT2D eigenvalue weighted by molar-refractivity contribution is 7.09. The molecule has 2 rings (SSSR count). The highest BCUT2D eigenvalue weighted by Gasteiger charge is 2.25. The topological polar surface area (TPSA) is 24.9 Å². The second-order valence-electron chi connectivity index (χ2n) is 5.82. The largest absolute Gasteiger partial charge is 0.319 e. The Labute approximate surface area is 109 Å². The van der Waals surface area contributed by atoms with Crippen molar-refractivity contribution in [3.05, 3.63) is 16.1 Å². The van der Waals surface area contributed by atoms with Crippen LogP contribution in [0.2, 0.25) is 0 Å². The van der Waals surface area contributed by atoms with Crippen molar-refractivity contribution in [3.8, 4) is 0 Å². The Balaban J connectivity index is 2.09. The maximum atomic E-state index is 4.90. The molecule has 0 spiro atoms. The molecule has 1 aromatic heterocycles. The lowest BCUT2D eigenvalue weighted by Gasteiger charge is -2.22. The predicted octanol–water partition coefficient (Wildman–Crippen LogP) is 3.69. The Morgan fingerprint density at radius 1 is 1.35 bits per heavy atom. The predicted molar refractivity (Wildman–Crippen MR) is 74.9 cm³/mol. The summed E-state index contributed by atoms with van der Waals surface area (Å²) in [4.78, 5) is 4.90. The van der Waals surface area contributed by atoms with E-state index in [1.807, 2.05) is 18.4 Å². The van der Waals surface area contributed by atoms with E-state index in [1.54, 1.807) is 0 Å². The van der Waals surface area contributed by atoms with Gasteiger partial charge in [0.2, 0.25) is 0 Å². The quantitative estimate of drug-likeness (QED) is 0.884. The monoisotopic (exact) mass is 252 g/mol. The van der Waals surface area contributed by atoms with Crippen LogP contribution in [0.25, 0.3) is 0 Å². The van der Waals surface area contributed by atoms with Crippen molar-refractivity contribution < 1.29 is 0 Å². The molecular formula is C14H24N2S. The minimum Gasteiger partial charge on any atom is -0.319 e. The van der Waals surface area contributed by atoms with Gasteiger partial charge in [-0.2, -0.15) is 0 Å². The Kier molecular flexibility index (Phi) is 4.21. The Morgan fingerprint density at radius 3 is 2.71 bits per heavy atom. The fraction of sp³-hybridized carbons (Fsp3) is 0.786. The first-order valence-electron chi connectivity index (χ1n) is 6.74. The van der Waals surface area contributed by atoms with Crippen LogP contribution < -0.4 is 5.32 Å². The van der Waals surface area contributed by atoms with Crippen LogP contribution in [0.15, 0.2) is 5.38 Å². The lowest BCUT2D eigenvalue weighted by molar-refractivity contribution is 0.436. The van der Waals surface area contributed by atoms with Crippen molar-refractivity contribution in [2.45, 2.75) is 57.3 Å². The number of nitrogens with one attached hydrogen (secondary N) is 1. The molecule has 0 unspecified atom stereocenters. The van der Waals surface area contributed by atoms with E-state index < -0.39 is 0 Å². The fourth-order valence-corrected chi connectivity index (χ4v) is 3.85. The average Bonchev–Trinajstić information content (AvgIpc) is 2.80. The van der Waals surface area contributed by atoms with Gasteiger partial charge < -0.3 is 5.32 Å². The molecule has 0 bridgehead atoms. The molecule has 0 aliphatic heterocycles. The molecule has 1 heterocycles. The lowest BCUT2D eigenvalue weighted by atomic mass is 9.88. The molecule has 1 aliphatic carbocycles. The van der Waals surface area contributed by atoms with E-state index in [1.165, 1.54) is 42.8 Å². The smallest absolute Gasteiger partial charge is 0.0959 e. The second-order valence-corrected chi connectivity index (χ2v) is 6.71. The zero-order valence-electron chi connectivity index (χ0n) is 11.3. The number of aromatic nitrogens is 1. The third-order valence-electron chi connectivity index (χ3n) is 3.79. The van der Waals surface area contributed by atoms with Crippen molar-refractivity contribution in [1.29, 1.82) is 0 Å². The summed E-state index contributed by atoms with van der Waals surface area (Å²) in [6, 6.07) is 0. The Morgan fingerprint density at radius 2 is 2.06 bits per heavy atom. The Hall–Kier alpha value is -0.410. The minimum atomic E-state index is 0.151. The van der Waals surface area contributed by atoms with E-state index in [0.717, 1.165) is 12.5 Å². The van der Waals surface area contributed by atoms with Crippen molar-refractivity contribution in [1.82, 2.24) is 10.3 Å². The van der Waals surface area contributed by atoms with Gasteiger partial charge in [0, 0.05) is 23.3 Å². The van der Waals surface area contributed by atoms with Gasteiger partial charge >= 0.3 is 0 Å². The summed E-state index contributed by atoms with van der Waals surface area (Å²) in [6.07, 6.45) is 6.89. The lowest BCUT2D eigenvalue weighted by Crippen LogP contribution is -2.31. The van der Waals surface area contributed by atoms with Gasteiger partial charge in [-0.15, -0.1) is 11.3 Å². The molecule has 2 nitrogen and oxygen atoms in total. The van der Waals surface area contributed by atoms with Crippen LogP contribution in [0, 0.1) is 0 Å². The van der Waals surface area contributed by atoms with E-state index in [4.69, 9.17) is 4.98 Å². The molecule has 1 aromatic rings. The number of hydrogen-bond donors (Lipinski definition) is 1. The molecule has 1 aliphatic rings. The molecule has 96 valence electrons. The van der Waals surface area contributed by atoms with E-state index in [-0.39, 0.29) is 5.41 Å². The number of hydrogen-bond acceptors (Lipinski definition) is 3. The van der Waals surface area contributed by atoms with E-state index in [9.17, 15) is 0 Å². The van der Waals surface area contributed by atoms with E-state index in [2.05, 4.69) is 24.5 Å². The van der Waals surface area contributed by atoms with Gasteiger partial charge in [0.25, 0.3) is 0 Å². The van der Waals surface area contributed by atoms with Crippen LogP contribution >= 0.6 is 11.3 Å². The van der Waals surface area contributed by atoms with Gasteiger partial charge in [-0.05, 0) is 19.9 Å².